The van der Waals surface area contributed by atoms with E-state index in [4.69, 9.17) is 9.47 Å². The maximum atomic E-state index is 13.2. The number of carbonyl (C=O) groups excluding carboxylic acids is 1. The van der Waals surface area contributed by atoms with E-state index >= 15 is 0 Å². The van der Waals surface area contributed by atoms with Crippen molar-refractivity contribution in [3.05, 3.63) is 107 Å². The molecule has 7 heteroatoms. The van der Waals surface area contributed by atoms with Crippen LogP contribution in [-0.4, -0.2) is 12.5 Å². The molecule has 0 radical (unpaired) electrons. The molecule has 0 aliphatic carbocycles. The largest absolute Gasteiger partial charge is 0.490 e. The highest BCUT2D eigenvalue weighted by molar-refractivity contribution is 6.09. The van der Waals surface area contributed by atoms with Gasteiger partial charge in [0.25, 0.3) is 5.91 Å². The molecule has 0 spiro atoms. The molecule has 0 fully saturated rings. The molecule has 0 aliphatic heterocycles. The van der Waals surface area contributed by atoms with Gasteiger partial charge >= 0.3 is 0 Å². The van der Waals surface area contributed by atoms with E-state index in [9.17, 15) is 18.8 Å². The minimum absolute atomic E-state index is 0.138. The lowest BCUT2D eigenvalue weighted by Gasteiger charge is -2.17. The van der Waals surface area contributed by atoms with Crippen LogP contribution in [0, 0.1) is 23.0 Å². The normalized spacial score (nSPS) is 10.9. The van der Waals surface area contributed by atoms with E-state index in [-0.39, 0.29) is 18.0 Å². The number of hydrogen-bond acceptors (Lipinski definition) is 4. The number of nitrogens with zero attached hydrogens (tertiary/aromatic N) is 1. The second-order valence-electron chi connectivity index (χ2n) is 7.48. The molecule has 178 valence electrons. The Bertz CT molecular complexity index is 1260. The minimum atomic E-state index is -0.626. The second-order valence-corrected chi connectivity index (χ2v) is 7.48. The number of halogens is 2. The molecule has 35 heavy (non-hydrogen) atoms. The van der Waals surface area contributed by atoms with Crippen molar-refractivity contribution in [2.24, 2.45) is 0 Å². The Morgan fingerprint density at radius 2 is 1.71 bits per heavy atom. The van der Waals surface area contributed by atoms with Crippen molar-refractivity contribution in [3.63, 3.8) is 0 Å². The first-order chi connectivity index (χ1) is 16.9. The van der Waals surface area contributed by atoms with Gasteiger partial charge in [-0.1, -0.05) is 18.2 Å². The first-order valence-electron chi connectivity index (χ1n) is 10.9. The predicted molar refractivity (Wildman–Crippen MR) is 131 cm³/mol. The summed E-state index contributed by atoms with van der Waals surface area (Å²) in [4.78, 5) is 12.6. The van der Waals surface area contributed by atoms with E-state index in [1.165, 1.54) is 42.5 Å². The number of hydrogen-bond donors (Lipinski definition) is 1. The highest BCUT2D eigenvalue weighted by Crippen LogP contribution is 2.35. The van der Waals surface area contributed by atoms with Crippen molar-refractivity contribution in [3.8, 4) is 17.6 Å². The number of anilines is 1. The van der Waals surface area contributed by atoms with Crippen LogP contribution in [0.1, 0.15) is 23.6 Å². The van der Waals surface area contributed by atoms with Crippen LogP contribution in [0.4, 0.5) is 14.5 Å². The molecule has 1 N–H and O–H groups in total. The molecular formula is C28H24F2N2O3. The van der Waals surface area contributed by atoms with Crippen LogP contribution < -0.4 is 14.8 Å². The van der Waals surface area contributed by atoms with Gasteiger partial charge in [0.15, 0.2) is 11.5 Å². The summed E-state index contributed by atoms with van der Waals surface area (Å²) in [5.74, 6) is -0.444. The zero-order valence-electron chi connectivity index (χ0n) is 19.2. The monoisotopic (exact) mass is 474 g/mol. The van der Waals surface area contributed by atoms with Crippen molar-refractivity contribution in [2.45, 2.75) is 20.0 Å². The molecule has 0 saturated carbocycles. The SMILES string of the molecule is C=CCc1cc(/C=C(\C#N)C(=O)Nc2ccc(F)cc2)cc(OCC)c1OCc1ccc(F)cc1. The third-order valence-corrected chi connectivity index (χ3v) is 4.89. The fourth-order valence-corrected chi connectivity index (χ4v) is 3.28. The fraction of sp³-hybridized carbons (Fsp3) is 0.143. The van der Waals surface area contributed by atoms with E-state index in [0.717, 1.165) is 11.1 Å². The number of nitriles is 1. The molecule has 0 heterocycles. The van der Waals surface area contributed by atoms with Crippen LogP contribution in [0.15, 0.2) is 78.9 Å². The van der Waals surface area contributed by atoms with Gasteiger partial charge in [0.05, 0.1) is 6.61 Å². The molecule has 1 amide bonds. The highest BCUT2D eigenvalue weighted by Gasteiger charge is 2.15. The molecule has 3 rings (SSSR count). The van der Waals surface area contributed by atoms with Gasteiger partial charge in [-0.25, -0.2) is 8.78 Å². The summed E-state index contributed by atoms with van der Waals surface area (Å²) in [7, 11) is 0. The summed E-state index contributed by atoms with van der Waals surface area (Å²) < 4.78 is 38.1. The molecule has 5 nitrogen and oxygen atoms in total. The lowest BCUT2D eigenvalue weighted by Crippen LogP contribution is -2.13. The summed E-state index contributed by atoms with van der Waals surface area (Å²) in [6.07, 6.45) is 3.59. The van der Waals surface area contributed by atoms with Crippen LogP contribution in [-0.2, 0) is 17.8 Å². The van der Waals surface area contributed by atoms with Crippen molar-refractivity contribution >= 4 is 17.7 Å². The fourth-order valence-electron chi connectivity index (χ4n) is 3.28. The van der Waals surface area contributed by atoms with Gasteiger partial charge in [-0.15, -0.1) is 6.58 Å². The smallest absolute Gasteiger partial charge is 0.266 e. The van der Waals surface area contributed by atoms with Crippen LogP contribution in [0.3, 0.4) is 0 Å². The van der Waals surface area contributed by atoms with Gasteiger partial charge in [-0.3, -0.25) is 4.79 Å². The van der Waals surface area contributed by atoms with Gasteiger partial charge in [0, 0.05) is 11.3 Å². The molecule has 0 aromatic heterocycles. The van der Waals surface area contributed by atoms with Crippen LogP contribution in [0.5, 0.6) is 11.5 Å². The number of nitrogens with one attached hydrogen (secondary N) is 1. The predicted octanol–water partition coefficient (Wildman–Crippen LogP) is 6.22. The maximum Gasteiger partial charge on any atom is 0.266 e. The number of benzene rings is 3. The van der Waals surface area contributed by atoms with E-state index in [1.54, 1.807) is 30.3 Å². The molecule has 3 aromatic rings. The third kappa shape index (κ3) is 7.02. The highest BCUT2D eigenvalue weighted by atomic mass is 19.1. The van der Waals surface area contributed by atoms with Gasteiger partial charge in [-0.05, 0) is 79.1 Å². The van der Waals surface area contributed by atoms with Crippen LogP contribution in [0.2, 0.25) is 0 Å². The lowest BCUT2D eigenvalue weighted by molar-refractivity contribution is -0.112. The van der Waals surface area contributed by atoms with E-state index in [1.807, 2.05) is 13.0 Å². The van der Waals surface area contributed by atoms with Gasteiger partial charge in [0.2, 0.25) is 0 Å². The summed E-state index contributed by atoms with van der Waals surface area (Å²) in [5, 5.41) is 12.2. The van der Waals surface area contributed by atoms with Crippen molar-refractivity contribution in [2.75, 3.05) is 11.9 Å². The zero-order valence-corrected chi connectivity index (χ0v) is 19.2. The Labute approximate surface area is 202 Å². The Balaban J connectivity index is 1.91. The quantitative estimate of drug-likeness (QED) is 0.215. The number of amides is 1. The number of allylic oxidation sites excluding steroid dienone is 1. The zero-order chi connectivity index (χ0) is 25.2. The van der Waals surface area contributed by atoms with Crippen molar-refractivity contribution < 1.29 is 23.0 Å². The van der Waals surface area contributed by atoms with Crippen molar-refractivity contribution in [1.82, 2.24) is 0 Å². The number of carbonyl (C=O) groups is 1. The lowest BCUT2D eigenvalue weighted by atomic mass is 10.0. The van der Waals surface area contributed by atoms with Crippen LogP contribution in [0.25, 0.3) is 6.08 Å². The van der Waals surface area contributed by atoms with Crippen LogP contribution >= 0.6 is 0 Å². The number of rotatable bonds is 10. The van der Waals surface area contributed by atoms with Gasteiger partial charge < -0.3 is 14.8 Å². The standard InChI is InChI=1S/C28H24F2N2O3/c1-3-5-21-14-20(15-22(17-31)28(33)32-25-12-10-24(30)11-13-25)16-26(34-4-2)27(21)35-18-19-6-8-23(29)9-7-19/h3,6-16H,1,4-5,18H2,2H3,(H,32,33)/b22-15+. The van der Waals surface area contributed by atoms with E-state index in [2.05, 4.69) is 11.9 Å². The summed E-state index contributed by atoms with van der Waals surface area (Å²) in [6.45, 7) is 6.18. The van der Waals surface area contributed by atoms with Crippen molar-refractivity contribution in [1.29, 1.82) is 5.26 Å². The maximum absolute atomic E-state index is 13.2. The summed E-state index contributed by atoms with van der Waals surface area (Å²) in [5.41, 5.74) is 2.32. The number of ether oxygens (including phenoxy) is 2. The van der Waals surface area contributed by atoms with Gasteiger partial charge in [-0.2, -0.15) is 5.26 Å². The Morgan fingerprint density at radius 1 is 1.06 bits per heavy atom. The molecule has 0 atom stereocenters. The minimum Gasteiger partial charge on any atom is -0.490 e. The second kappa shape index (κ2) is 12.1. The van der Waals surface area contributed by atoms with E-state index < -0.39 is 11.7 Å². The average Bonchev–Trinajstić information content (AvgIpc) is 2.85. The van der Waals surface area contributed by atoms with Gasteiger partial charge in [0.1, 0.15) is 29.9 Å². The molecular weight excluding hydrogens is 450 g/mol. The topological polar surface area (TPSA) is 71.4 Å². The summed E-state index contributed by atoms with van der Waals surface area (Å²) >= 11 is 0. The third-order valence-electron chi connectivity index (χ3n) is 4.89. The summed E-state index contributed by atoms with van der Waals surface area (Å²) in [6, 6.07) is 16.6. The molecule has 3 aromatic carbocycles. The molecule has 0 aliphatic rings. The van der Waals surface area contributed by atoms with E-state index in [0.29, 0.717) is 35.8 Å². The average molecular weight is 475 g/mol. The Kier molecular flexibility index (Phi) is 8.74. The molecule has 0 saturated heterocycles. The first kappa shape index (κ1) is 25.2. The Morgan fingerprint density at radius 3 is 2.31 bits per heavy atom. The molecule has 0 bridgehead atoms. The Hall–Kier alpha value is -4.44. The molecule has 0 unspecified atom stereocenters. The first-order valence-corrected chi connectivity index (χ1v) is 10.9.